The van der Waals surface area contributed by atoms with E-state index in [1.165, 1.54) is 6.07 Å². The van der Waals surface area contributed by atoms with E-state index >= 15 is 0 Å². The van der Waals surface area contributed by atoms with Gasteiger partial charge >= 0.3 is 0 Å². The summed E-state index contributed by atoms with van der Waals surface area (Å²) in [6.07, 6.45) is 1.50. The molecule has 5 nitrogen and oxygen atoms in total. The van der Waals surface area contributed by atoms with Crippen molar-refractivity contribution in [2.24, 2.45) is 5.41 Å². The Hall–Kier alpha value is -3.74. The molecule has 0 aromatic heterocycles. The maximum Gasteiger partial charge on any atom is 0.256 e. The average molecular weight is 493 g/mol. The fourth-order valence-corrected chi connectivity index (χ4v) is 4.68. The number of rotatable bonds is 8. The standard InChI is InChI=1S/C29H30F2N2O3/c1-32(19-22-9-4-2-5-10-22)27(34)18-29(21-36-24-11-6-3-7-12-24)15-8-16-33(20-29)28(35)25-14-13-23(30)17-26(25)31/h2-7,9-14,17H,8,15-16,18-21H2,1H3/t29-/m1/s1. The van der Waals surface area contributed by atoms with Gasteiger partial charge in [-0.3, -0.25) is 9.59 Å². The molecule has 0 bridgehead atoms. The SMILES string of the molecule is CN(Cc1ccccc1)C(=O)C[C@]1(COc2ccccc2)CCCN(C(=O)c2ccc(F)cc2F)C1. The van der Waals surface area contributed by atoms with Gasteiger partial charge in [0.2, 0.25) is 5.91 Å². The Labute approximate surface area is 210 Å². The van der Waals surface area contributed by atoms with Gasteiger partial charge in [-0.1, -0.05) is 48.5 Å². The molecule has 0 radical (unpaired) electrons. The molecule has 1 aliphatic heterocycles. The molecular weight excluding hydrogens is 462 g/mol. The van der Waals surface area contributed by atoms with E-state index in [-0.39, 0.29) is 31.0 Å². The first-order valence-electron chi connectivity index (χ1n) is 12.1. The summed E-state index contributed by atoms with van der Waals surface area (Å²) in [6.45, 7) is 1.37. The summed E-state index contributed by atoms with van der Waals surface area (Å²) in [7, 11) is 1.76. The highest BCUT2D eigenvalue weighted by Gasteiger charge is 2.41. The van der Waals surface area contributed by atoms with Crippen LogP contribution in [0, 0.1) is 17.0 Å². The van der Waals surface area contributed by atoms with Crippen molar-refractivity contribution in [3.8, 4) is 5.75 Å². The molecule has 0 unspecified atom stereocenters. The number of benzene rings is 3. The summed E-state index contributed by atoms with van der Waals surface area (Å²) >= 11 is 0. The molecule has 1 atom stereocenters. The molecule has 0 N–H and O–H groups in total. The lowest BCUT2D eigenvalue weighted by molar-refractivity contribution is -0.134. The van der Waals surface area contributed by atoms with Gasteiger partial charge in [-0.25, -0.2) is 8.78 Å². The number of likely N-dealkylation sites (tertiary alicyclic amines) is 1. The number of piperidine rings is 1. The predicted octanol–water partition coefficient (Wildman–Crippen LogP) is 5.31. The zero-order chi connectivity index (χ0) is 25.5. The number of carbonyl (C=O) groups is 2. The molecule has 36 heavy (non-hydrogen) atoms. The summed E-state index contributed by atoms with van der Waals surface area (Å²) in [5.74, 6) is -1.52. The lowest BCUT2D eigenvalue weighted by Crippen LogP contribution is -2.50. The summed E-state index contributed by atoms with van der Waals surface area (Å²) in [4.78, 5) is 29.8. The van der Waals surface area contributed by atoms with Crippen LogP contribution in [0.15, 0.2) is 78.9 Å². The molecule has 0 spiro atoms. The minimum absolute atomic E-state index is 0.0576. The van der Waals surface area contributed by atoms with Gasteiger partial charge in [0.25, 0.3) is 5.91 Å². The van der Waals surface area contributed by atoms with Crippen molar-refractivity contribution in [3.05, 3.63) is 102 Å². The highest BCUT2D eigenvalue weighted by molar-refractivity contribution is 5.94. The first-order chi connectivity index (χ1) is 17.3. The van der Waals surface area contributed by atoms with Crippen LogP contribution in [0.5, 0.6) is 5.75 Å². The minimum Gasteiger partial charge on any atom is -0.493 e. The van der Waals surface area contributed by atoms with Crippen LogP contribution in [0.4, 0.5) is 8.78 Å². The fraction of sp³-hybridized carbons (Fsp3) is 0.310. The van der Waals surface area contributed by atoms with Crippen LogP contribution < -0.4 is 4.74 Å². The molecule has 7 heteroatoms. The number of hydrogen-bond donors (Lipinski definition) is 0. The first-order valence-corrected chi connectivity index (χ1v) is 12.1. The van der Waals surface area contributed by atoms with Gasteiger partial charge in [-0.2, -0.15) is 0 Å². The van der Waals surface area contributed by atoms with E-state index in [0.29, 0.717) is 37.7 Å². The molecule has 1 aliphatic rings. The van der Waals surface area contributed by atoms with Gasteiger partial charge in [0, 0.05) is 44.6 Å². The van der Waals surface area contributed by atoms with E-state index in [4.69, 9.17) is 4.74 Å². The van der Waals surface area contributed by atoms with Crippen LogP contribution >= 0.6 is 0 Å². The van der Waals surface area contributed by atoms with Gasteiger partial charge in [-0.15, -0.1) is 0 Å². The lowest BCUT2D eigenvalue weighted by Gasteiger charge is -2.43. The third-order valence-corrected chi connectivity index (χ3v) is 6.61. The van der Waals surface area contributed by atoms with Crippen molar-refractivity contribution >= 4 is 11.8 Å². The van der Waals surface area contributed by atoms with E-state index < -0.39 is 23.0 Å². The maximum atomic E-state index is 14.4. The van der Waals surface area contributed by atoms with E-state index in [1.807, 2.05) is 60.7 Å². The summed E-state index contributed by atoms with van der Waals surface area (Å²) in [5.41, 5.74) is 0.196. The molecule has 2 amide bonds. The van der Waals surface area contributed by atoms with Crippen LogP contribution in [0.1, 0.15) is 35.2 Å². The number of hydrogen-bond acceptors (Lipinski definition) is 3. The molecule has 1 heterocycles. The number of para-hydroxylation sites is 1. The summed E-state index contributed by atoms with van der Waals surface area (Å²) in [6, 6.07) is 22.0. The van der Waals surface area contributed by atoms with Gasteiger partial charge in [0.1, 0.15) is 17.4 Å². The second-order valence-corrected chi connectivity index (χ2v) is 9.47. The predicted molar refractivity (Wildman–Crippen MR) is 133 cm³/mol. The van der Waals surface area contributed by atoms with Gasteiger partial charge in [0.15, 0.2) is 0 Å². The Kier molecular flexibility index (Phi) is 7.98. The van der Waals surface area contributed by atoms with Gasteiger partial charge in [-0.05, 0) is 42.7 Å². The van der Waals surface area contributed by atoms with Crippen LogP contribution in [-0.4, -0.2) is 48.4 Å². The van der Waals surface area contributed by atoms with Crippen molar-refractivity contribution in [2.75, 3.05) is 26.7 Å². The molecule has 3 aromatic rings. The summed E-state index contributed by atoms with van der Waals surface area (Å²) < 4.78 is 33.8. The number of halogens is 2. The Bertz CT molecular complexity index is 1190. The van der Waals surface area contributed by atoms with E-state index in [0.717, 1.165) is 11.6 Å². The fourth-order valence-electron chi connectivity index (χ4n) is 4.68. The monoisotopic (exact) mass is 492 g/mol. The van der Waals surface area contributed by atoms with Crippen molar-refractivity contribution in [1.82, 2.24) is 9.80 Å². The zero-order valence-electron chi connectivity index (χ0n) is 20.3. The summed E-state index contributed by atoms with van der Waals surface area (Å²) in [5, 5.41) is 0. The van der Waals surface area contributed by atoms with Crippen LogP contribution in [0.3, 0.4) is 0 Å². The first kappa shape index (κ1) is 25.4. The van der Waals surface area contributed by atoms with E-state index in [1.54, 1.807) is 16.8 Å². The Morgan fingerprint density at radius 2 is 1.69 bits per heavy atom. The molecule has 1 saturated heterocycles. The molecule has 0 saturated carbocycles. The van der Waals surface area contributed by atoms with Crippen LogP contribution in [-0.2, 0) is 11.3 Å². The quantitative estimate of drug-likeness (QED) is 0.428. The molecule has 4 rings (SSSR count). The van der Waals surface area contributed by atoms with Crippen molar-refractivity contribution in [3.63, 3.8) is 0 Å². The van der Waals surface area contributed by atoms with Crippen LogP contribution in [0.25, 0.3) is 0 Å². The highest BCUT2D eigenvalue weighted by Crippen LogP contribution is 2.36. The Balaban J connectivity index is 1.53. The Morgan fingerprint density at radius 3 is 2.39 bits per heavy atom. The van der Waals surface area contributed by atoms with Crippen LogP contribution in [0.2, 0.25) is 0 Å². The van der Waals surface area contributed by atoms with Crippen molar-refractivity contribution in [1.29, 1.82) is 0 Å². The molecule has 1 fully saturated rings. The second kappa shape index (κ2) is 11.3. The topological polar surface area (TPSA) is 49.9 Å². The molecule has 3 aromatic carbocycles. The largest absolute Gasteiger partial charge is 0.493 e. The van der Waals surface area contributed by atoms with Crippen molar-refractivity contribution in [2.45, 2.75) is 25.8 Å². The Morgan fingerprint density at radius 1 is 1.00 bits per heavy atom. The number of nitrogens with zero attached hydrogens (tertiary/aromatic N) is 2. The molecule has 188 valence electrons. The molecular formula is C29H30F2N2O3. The van der Waals surface area contributed by atoms with E-state index in [2.05, 4.69) is 0 Å². The highest BCUT2D eigenvalue weighted by atomic mass is 19.1. The minimum atomic E-state index is -0.893. The smallest absolute Gasteiger partial charge is 0.256 e. The number of carbonyl (C=O) groups excluding carboxylic acids is 2. The third kappa shape index (κ3) is 6.27. The number of ether oxygens (including phenoxy) is 1. The zero-order valence-corrected chi connectivity index (χ0v) is 20.3. The number of amides is 2. The van der Waals surface area contributed by atoms with E-state index in [9.17, 15) is 18.4 Å². The maximum absolute atomic E-state index is 14.4. The molecule has 0 aliphatic carbocycles. The lowest BCUT2D eigenvalue weighted by atomic mass is 9.77. The normalized spacial score (nSPS) is 17.5. The average Bonchev–Trinajstić information content (AvgIpc) is 2.88. The third-order valence-electron chi connectivity index (χ3n) is 6.61. The second-order valence-electron chi connectivity index (χ2n) is 9.47. The van der Waals surface area contributed by atoms with Gasteiger partial charge < -0.3 is 14.5 Å². The van der Waals surface area contributed by atoms with Gasteiger partial charge in [0.05, 0.1) is 12.2 Å². The van der Waals surface area contributed by atoms with Crippen molar-refractivity contribution < 1.29 is 23.1 Å².